The number of amides is 2. The molecule has 0 atom stereocenters. The Morgan fingerprint density at radius 1 is 0.800 bits per heavy atom. The standard InChI is InChI=1S/C28H22F6N2O4/c29-27(30,31)20-15-21(28(32,33)34)17-22(16-20)35-25(37)23-14-19(7-6-18-4-2-1-3-5-18)8-9-24(23)40-26(38)36-10-12-39-13-11-36/h1-9,14-17H,10-13H2,(H,35,37). The van der Waals surface area contributed by atoms with E-state index in [0.29, 0.717) is 17.7 Å². The minimum atomic E-state index is -5.10. The van der Waals surface area contributed by atoms with Gasteiger partial charge >= 0.3 is 18.4 Å². The first-order chi connectivity index (χ1) is 18.9. The van der Waals surface area contributed by atoms with Crippen LogP contribution in [-0.4, -0.2) is 43.2 Å². The molecule has 0 radical (unpaired) electrons. The second-order valence-electron chi connectivity index (χ2n) is 8.72. The van der Waals surface area contributed by atoms with Crippen LogP contribution in [0.5, 0.6) is 5.75 Å². The van der Waals surface area contributed by atoms with E-state index in [9.17, 15) is 35.9 Å². The summed E-state index contributed by atoms with van der Waals surface area (Å²) in [7, 11) is 0. The summed E-state index contributed by atoms with van der Waals surface area (Å²) in [5, 5.41) is 2.09. The van der Waals surface area contributed by atoms with Crippen molar-refractivity contribution >= 4 is 29.8 Å². The Labute approximate surface area is 224 Å². The summed E-state index contributed by atoms with van der Waals surface area (Å²) in [5.74, 6) is -1.30. The van der Waals surface area contributed by atoms with Gasteiger partial charge in [0, 0.05) is 18.8 Å². The summed E-state index contributed by atoms with van der Waals surface area (Å²) in [5.41, 5.74) is -2.89. The highest BCUT2D eigenvalue weighted by atomic mass is 19.4. The van der Waals surface area contributed by atoms with E-state index < -0.39 is 41.2 Å². The lowest BCUT2D eigenvalue weighted by Gasteiger charge is -2.26. The molecule has 1 N–H and O–H groups in total. The monoisotopic (exact) mass is 564 g/mol. The van der Waals surface area contributed by atoms with Crippen LogP contribution in [-0.2, 0) is 17.1 Å². The van der Waals surface area contributed by atoms with E-state index in [1.165, 1.54) is 17.0 Å². The Morgan fingerprint density at radius 2 is 1.40 bits per heavy atom. The van der Waals surface area contributed by atoms with Crippen LogP contribution >= 0.6 is 0 Å². The second kappa shape index (κ2) is 11.8. The number of anilines is 1. The molecule has 0 saturated carbocycles. The number of carbonyl (C=O) groups excluding carboxylic acids is 2. The van der Waals surface area contributed by atoms with Crippen LogP contribution in [0.4, 0.5) is 36.8 Å². The molecule has 1 heterocycles. The number of ether oxygens (including phenoxy) is 2. The van der Waals surface area contributed by atoms with Crippen molar-refractivity contribution in [1.29, 1.82) is 0 Å². The van der Waals surface area contributed by atoms with Crippen LogP contribution in [0, 0.1) is 0 Å². The van der Waals surface area contributed by atoms with Gasteiger partial charge in [-0.15, -0.1) is 0 Å². The van der Waals surface area contributed by atoms with Gasteiger partial charge < -0.3 is 19.7 Å². The molecule has 0 aromatic heterocycles. The predicted octanol–water partition coefficient (Wildman–Crippen LogP) is 6.98. The molecule has 1 saturated heterocycles. The van der Waals surface area contributed by atoms with Crippen molar-refractivity contribution in [3.8, 4) is 5.75 Å². The first kappa shape index (κ1) is 28.7. The number of morpholine rings is 1. The molecular weight excluding hydrogens is 542 g/mol. The summed E-state index contributed by atoms with van der Waals surface area (Å²) in [6, 6.07) is 14.0. The highest BCUT2D eigenvalue weighted by Crippen LogP contribution is 2.38. The molecule has 0 spiro atoms. The number of rotatable bonds is 5. The predicted molar refractivity (Wildman–Crippen MR) is 135 cm³/mol. The second-order valence-corrected chi connectivity index (χ2v) is 8.72. The minimum Gasteiger partial charge on any atom is -0.409 e. The molecule has 4 rings (SSSR count). The van der Waals surface area contributed by atoms with Gasteiger partial charge in [-0.1, -0.05) is 48.6 Å². The van der Waals surface area contributed by atoms with E-state index in [0.717, 1.165) is 5.56 Å². The molecule has 12 heteroatoms. The Morgan fingerprint density at radius 3 is 2.00 bits per heavy atom. The maximum Gasteiger partial charge on any atom is 0.416 e. The van der Waals surface area contributed by atoms with E-state index in [1.54, 1.807) is 18.2 Å². The zero-order valence-corrected chi connectivity index (χ0v) is 20.7. The summed E-state index contributed by atoms with van der Waals surface area (Å²) in [4.78, 5) is 27.2. The van der Waals surface area contributed by atoms with Crippen LogP contribution in [0.1, 0.15) is 32.6 Å². The Bertz CT molecular complexity index is 1370. The van der Waals surface area contributed by atoms with Crippen LogP contribution in [0.25, 0.3) is 12.2 Å². The van der Waals surface area contributed by atoms with Crippen LogP contribution in [0.3, 0.4) is 0 Å². The fourth-order valence-corrected chi connectivity index (χ4v) is 3.80. The molecule has 3 aromatic rings. The van der Waals surface area contributed by atoms with E-state index in [1.807, 2.05) is 30.3 Å². The van der Waals surface area contributed by atoms with Crippen LogP contribution in [0.15, 0.2) is 66.7 Å². The molecule has 1 aliphatic rings. The fraction of sp³-hybridized carbons (Fsp3) is 0.214. The zero-order valence-electron chi connectivity index (χ0n) is 20.7. The Balaban J connectivity index is 1.68. The maximum absolute atomic E-state index is 13.3. The Hall–Kier alpha value is -4.32. The molecule has 3 aromatic carbocycles. The lowest BCUT2D eigenvalue weighted by molar-refractivity contribution is -0.143. The lowest BCUT2D eigenvalue weighted by Crippen LogP contribution is -2.42. The van der Waals surface area contributed by atoms with Gasteiger partial charge in [-0.25, -0.2) is 4.79 Å². The van der Waals surface area contributed by atoms with Crippen LogP contribution < -0.4 is 10.1 Å². The van der Waals surface area contributed by atoms with Gasteiger partial charge in [0.25, 0.3) is 5.91 Å². The van der Waals surface area contributed by atoms with Crippen molar-refractivity contribution < 1.29 is 45.4 Å². The number of benzene rings is 3. The average Bonchev–Trinajstić information content (AvgIpc) is 2.92. The van der Waals surface area contributed by atoms with Crippen molar-refractivity contribution in [1.82, 2.24) is 4.90 Å². The van der Waals surface area contributed by atoms with Crippen molar-refractivity contribution in [2.75, 3.05) is 31.6 Å². The summed E-state index contributed by atoms with van der Waals surface area (Å²) in [6.07, 6.45) is -7.60. The fourth-order valence-electron chi connectivity index (χ4n) is 3.80. The molecular formula is C28H22F6N2O4. The third-order valence-electron chi connectivity index (χ3n) is 5.83. The molecule has 2 amide bonds. The summed E-state index contributed by atoms with van der Waals surface area (Å²) >= 11 is 0. The number of nitrogens with zero attached hydrogens (tertiary/aromatic N) is 1. The first-order valence-corrected chi connectivity index (χ1v) is 11.9. The number of hydrogen-bond donors (Lipinski definition) is 1. The number of halogens is 6. The highest BCUT2D eigenvalue weighted by Gasteiger charge is 2.37. The van der Waals surface area contributed by atoms with Gasteiger partial charge in [-0.2, -0.15) is 26.3 Å². The molecule has 1 aliphatic heterocycles. The third kappa shape index (κ3) is 7.41. The van der Waals surface area contributed by atoms with E-state index in [2.05, 4.69) is 5.32 Å². The largest absolute Gasteiger partial charge is 0.416 e. The summed E-state index contributed by atoms with van der Waals surface area (Å²) in [6.45, 7) is 1.04. The van der Waals surface area contributed by atoms with E-state index in [4.69, 9.17) is 9.47 Å². The molecule has 0 bridgehead atoms. The normalized spacial score (nSPS) is 14.3. The maximum atomic E-state index is 13.3. The smallest absolute Gasteiger partial charge is 0.409 e. The van der Waals surface area contributed by atoms with Crippen molar-refractivity contribution in [2.45, 2.75) is 12.4 Å². The van der Waals surface area contributed by atoms with Crippen molar-refractivity contribution in [3.63, 3.8) is 0 Å². The van der Waals surface area contributed by atoms with Gasteiger partial charge in [0.05, 0.1) is 29.9 Å². The quantitative estimate of drug-likeness (QED) is 0.268. The lowest BCUT2D eigenvalue weighted by atomic mass is 10.1. The number of carbonyl (C=O) groups is 2. The van der Waals surface area contributed by atoms with Gasteiger partial charge in [0.2, 0.25) is 0 Å². The SMILES string of the molecule is O=C(Nc1cc(C(F)(F)F)cc(C(F)(F)F)c1)c1cc(C=Cc2ccccc2)ccc1OC(=O)N1CCOCC1. The zero-order chi connectivity index (χ0) is 28.9. The van der Waals surface area contributed by atoms with Gasteiger partial charge in [0.15, 0.2) is 0 Å². The number of alkyl halides is 6. The van der Waals surface area contributed by atoms with E-state index in [-0.39, 0.29) is 43.7 Å². The Kier molecular flexibility index (Phi) is 8.48. The van der Waals surface area contributed by atoms with Crippen molar-refractivity contribution in [3.05, 3.63) is 94.5 Å². The third-order valence-corrected chi connectivity index (χ3v) is 5.83. The van der Waals surface area contributed by atoms with Gasteiger partial charge in [0.1, 0.15) is 5.75 Å². The topological polar surface area (TPSA) is 67.9 Å². The molecule has 1 fully saturated rings. The minimum absolute atomic E-state index is 0.0415. The van der Waals surface area contributed by atoms with E-state index >= 15 is 0 Å². The van der Waals surface area contributed by atoms with Crippen molar-refractivity contribution in [2.24, 2.45) is 0 Å². The first-order valence-electron chi connectivity index (χ1n) is 11.9. The van der Waals surface area contributed by atoms with Crippen LogP contribution in [0.2, 0.25) is 0 Å². The average molecular weight is 564 g/mol. The molecule has 6 nitrogen and oxygen atoms in total. The number of nitrogens with one attached hydrogen (secondary N) is 1. The summed E-state index contributed by atoms with van der Waals surface area (Å²) < 4.78 is 90.4. The highest BCUT2D eigenvalue weighted by molar-refractivity contribution is 6.07. The van der Waals surface area contributed by atoms with Gasteiger partial charge in [-0.05, 0) is 41.5 Å². The number of hydrogen-bond acceptors (Lipinski definition) is 4. The molecule has 0 unspecified atom stereocenters. The van der Waals surface area contributed by atoms with Gasteiger partial charge in [-0.3, -0.25) is 4.79 Å². The molecule has 210 valence electrons. The molecule has 40 heavy (non-hydrogen) atoms. The molecule has 0 aliphatic carbocycles.